The molecule has 0 aliphatic heterocycles. The largest absolute Gasteiger partial charge is 0.462 e. The molecule has 0 spiro atoms. The van der Waals surface area contributed by atoms with Gasteiger partial charge in [-0.1, -0.05) is 200 Å². The van der Waals surface area contributed by atoms with Crippen LogP contribution in [0.2, 0.25) is 0 Å². The van der Waals surface area contributed by atoms with Gasteiger partial charge in [0, 0.05) is 12.8 Å². The Balaban J connectivity index is 3.44. The van der Waals surface area contributed by atoms with Crippen LogP contribution in [0.15, 0.2) is 0 Å². The van der Waals surface area contributed by atoms with E-state index in [4.69, 9.17) is 9.47 Å². The zero-order chi connectivity index (χ0) is 32.9. The van der Waals surface area contributed by atoms with Crippen molar-refractivity contribution in [1.29, 1.82) is 0 Å². The molecule has 0 aromatic carbocycles. The highest BCUT2D eigenvalue weighted by Gasteiger charge is 2.16. The van der Waals surface area contributed by atoms with E-state index in [9.17, 15) is 14.7 Å². The second-order valence-electron chi connectivity index (χ2n) is 13.7. The minimum Gasteiger partial charge on any atom is -0.462 e. The Morgan fingerprint density at radius 3 is 0.978 bits per heavy atom. The Morgan fingerprint density at radius 2 is 0.689 bits per heavy atom. The maximum absolute atomic E-state index is 12.2. The minimum atomic E-state index is -0.760. The number of unbranched alkanes of at least 4 members (excludes halogenated alkanes) is 29. The molecule has 1 atom stereocenters. The van der Waals surface area contributed by atoms with Crippen molar-refractivity contribution in [3.8, 4) is 0 Å². The third-order valence-corrected chi connectivity index (χ3v) is 9.15. The lowest BCUT2D eigenvalue weighted by Crippen LogP contribution is -2.28. The third kappa shape index (κ3) is 35.6. The molecule has 5 nitrogen and oxygen atoms in total. The van der Waals surface area contributed by atoms with Crippen LogP contribution in [0.3, 0.4) is 0 Å². The van der Waals surface area contributed by atoms with Gasteiger partial charge in [0.25, 0.3) is 0 Å². The molecule has 0 aromatic heterocycles. The lowest BCUT2D eigenvalue weighted by atomic mass is 10.0. The van der Waals surface area contributed by atoms with E-state index in [0.29, 0.717) is 12.8 Å². The number of aliphatic hydroxyl groups excluding tert-OH is 1. The summed E-state index contributed by atoms with van der Waals surface area (Å²) >= 11 is 0. The molecule has 0 aliphatic carbocycles. The predicted molar refractivity (Wildman–Crippen MR) is 192 cm³/mol. The maximum atomic E-state index is 12.2. The SMILES string of the molecule is CCCCCCCCCCCCCCCCCCCCCCCC(=O)OC(CO)COC(=O)CCCCCCCCCCCC. The molecular formula is C40H78O5. The summed E-state index contributed by atoms with van der Waals surface area (Å²) in [5, 5.41) is 9.53. The monoisotopic (exact) mass is 639 g/mol. The van der Waals surface area contributed by atoms with Gasteiger partial charge in [-0.25, -0.2) is 0 Å². The van der Waals surface area contributed by atoms with Crippen molar-refractivity contribution in [2.75, 3.05) is 13.2 Å². The van der Waals surface area contributed by atoms with Crippen LogP contribution in [0.1, 0.15) is 226 Å². The molecule has 0 aromatic rings. The van der Waals surface area contributed by atoms with E-state index < -0.39 is 6.10 Å². The first-order chi connectivity index (χ1) is 22.1. The molecule has 0 heterocycles. The van der Waals surface area contributed by atoms with E-state index in [1.807, 2.05) is 0 Å². The molecule has 45 heavy (non-hydrogen) atoms. The number of esters is 2. The Kier molecular flexibility index (Phi) is 36.4. The second-order valence-corrected chi connectivity index (χ2v) is 13.7. The van der Waals surface area contributed by atoms with Crippen LogP contribution in [-0.4, -0.2) is 36.4 Å². The van der Waals surface area contributed by atoms with E-state index in [2.05, 4.69) is 13.8 Å². The van der Waals surface area contributed by atoms with Crippen LogP contribution in [0.25, 0.3) is 0 Å². The average molecular weight is 639 g/mol. The highest BCUT2D eigenvalue weighted by atomic mass is 16.6. The Morgan fingerprint density at radius 1 is 0.422 bits per heavy atom. The Bertz CT molecular complexity index is 607. The van der Waals surface area contributed by atoms with Gasteiger partial charge in [0.05, 0.1) is 6.61 Å². The quantitative estimate of drug-likeness (QED) is 0.0541. The summed E-state index contributed by atoms with van der Waals surface area (Å²) in [6.07, 6.45) is 40.3. The minimum absolute atomic E-state index is 0.0574. The number of hydrogen-bond acceptors (Lipinski definition) is 5. The van der Waals surface area contributed by atoms with Gasteiger partial charge in [-0.15, -0.1) is 0 Å². The molecule has 0 saturated carbocycles. The van der Waals surface area contributed by atoms with Crippen molar-refractivity contribution >= 4 is 11.9 Å². The number of hydrogen-bond donors (Lipinski definition) is 1. The highest BCUT2D eigenvalue weighted by molar-refractivity contribution is 5.70. The van der Waals surface area contributed by atoms with Crippen LogP contribution < -0.4 is 0 Å². The summed E-state index contributed by atoms with van der Waals surface area (Å²) in [4.78, 5) is 24.2. The molecule has 1 unspecified atom stereocenters. The van der Waals surface area contributed by atoms with Crippen molar-refractivity contribution in [2.45, 2.75) is 232 Å². The first kappa shape index (κ1) is 43.9. The summed E-state index contributed by atoms with van der Waals surface area (Å²) in [7, 11) is 0. The zero-order valence-corrected chi connectivity index (χ0v) is 30.4. The smallest absolute Gasteiger partial charge is 0.306 e. The lowest BCUT2D eigenvalue weighted by Gasteiger charge is -2.15. The van der Waals surface area contributed by atoms with E-state index in [1.165, 1.54) is 161 Å². The number of ether oxygens (including phenoxy) is 2. The third-order valence-electron chi connectivity index (χ3n) is 9.15. The molecule has 0 amide bonds. The van der Waals surface area contributed by atoms with E-state index in [-0.39, 0.29) is 25.2 Å². The number of carbonyl (C=O) groups excluding carboxylic acids is 2. The molecule has 0 rings (SSSR count). The number of rotatable bonds is 37. The normalized spacial score (nSPS) is 12.0. The summed E-state index contributed by atoms with van der Waals surface area (Å²) in [5.74, 6) is -0.578. The van der Waals surface area contributed by atoms with Gasteiger partial charge in [-0.05, 0) is 12.8 Å². The summed E-state index contributed by atoms with van der Waals surface area (Å²) < 4.78 is 10.6. The van der Waals surface area contributed by atoms with E-state index in [1.54, 1.807) is 0 Å². The molecule has 0 aliphatic rings. The fraction of sp³-hybridized carbons (Fsp3) is 0.950. The van der Waals surface area contributed by atoms with Gasteiger partial charge in [0.1, 0.15) is 6.61 Å². The van der Waals surface area contributed by atoms with Crippen molar-refractivity contribution in [3.05, 3.63) is 0 Å². The fourth-order valence-electron chi connectivity index (χ4n) is 6.08. The van der Waals surface area contributed by atoms with Crippen molar-refractivity contribution < 1.29 is 24.2 Å². The molecule has 0 saturated heterocycles. The van der Waals surface area contributed by atoms with Gasteiger partial charge in [0.15, 0.2) is 6.10 Å². The molecular weight excluding hydrogens is 560 g/mol. The Hall–Kier alpha value is -1.10. The fourth-order valence-corrected chi connectivity index (χ4v) is 6.08. The highest BCUT2D eigenvalue weighted by Crippen LogP contribution is 2.16. The number of carbonyl (C=O) groups is 2. The maximum Gasteiger partial charge on any atom is 0.306 e. The van der Waals surface area contributed by atoms with Crippen molar-refractivity contribution in [2.24, 2.45) is 0 Å². The van der Waals surface area contributed by atoms with Crippen LogP contribution >= 0.6 is 0 Å². The topological polar surface area (TPSA) is 72.8 Å². The second kappa shape index (κ2) is 37.4. The first-order valence-corrected chi connectivity index (χ1v) is 20.1. The summed E-state index contributed by atoms with van der Waals surface area (Å²) in [5.41, 5.74) is 0. The molecule has 5 heteroatoms. The van der Waals surface area contributed by atoms with E-state index >= 15 is 0 Å². The molecule has 0 radical (unpaired) electrons. The van der Waals surface area contributed by atoms with Crippen LogP contribution in [0, 0.1) is 0 Å². The predicted octanol–water partition coefficient (Wildman–Crippen LogP) is 12.3. The molecule has 0 bridgehead atoms. The Labute approximate surface area is 280 Å². The van der Waals surface area contributed by atoms with Gasteiger partial charge in [0.2, 0.25) is 0 Å². The van der Waals surface area contributed by atoms with Gasteiger partial charge < -0.3 is 14.6 Å². The summed E-state index contributed by atoms with van der Waals surface area (Å²) in [6.45, 7) is 4.15. The average Bonchev–Trinajstić information content (AvgIpc) is 3.04. The van der Waals surface area contributed by atoms with E-state index in [0.717, 1.165) is 38.5 Å². The first-order valence-electron chi connectivity index (χ1n) is 20.1. The van der Waals surface area contributed by atoms with Gasteiger partial charge in [-0.3, -0.25) is 9.59 Å². The summed E-state index contributed by atoms with van der Waals surface area (Å²) in [6, 6.07) is 0. The number of aliphatic hydroxyl groups is 1. The molecule has 1 N–H and O–H groups in total. The molecule has 0 fully saturated rings. The zero-order valence-electron chi connectivity index (χ0n) is 30.4. The van der Waals surface area contributed by atoms with Crippen LogP contribution in [-0.2, 0) is 19.1 Å². The van der Waals surface area contributed by atoms with Crippen molar-refractivity contribution in [3.63, 3.8) is 0 Å². The standard InChI is InChI=1S/C40H78O5/c1-3-5-7-9-11-13-15-16-17-18-19-20-21-22-23-24-25-27-29-31-33-35-40(43)45-38(36-41)37-44-39(42)34-32-30-28-26-14-12-10-8-6-4-2/h38,41H,3-37H2,1-2H3. The van der Waals surface area contributed by atoms with Gasteiger partial charge >= 0.3 is 11.9 Å². The molecule has 268 valence electrons. The lowest BCUT2D eigenvalue weighted by molar-refractivity contribution is -0.161. The van der Waals surface area contributed by atoms with Gasteiger partial charge in [-0.2, -0.15) is 0 Å². The van der Waals surface area contributed by atoms with Crippen LogP contribution in [0.5, 0.6) is 0 Å². The van der Waals surface area contributed by atoms with Crippen molar-refractivity contribution in [1.82, 2.24) is 0 Å². The van der Waals surface area contributed by atoms with Crippen LogP contribution in [0.4, 0.5) is 0 Å².